The Kier molecular flexibility index (Phi) is 5.81. The number of amides is 3. The van der Waals surface area contributed by atoms with E-state index in [4.69, 9.17) is 4.42 Å². The van der Waals surface area contributed by atoms with E-state index in [0.717, 1.165) is 4.90 Å². The van der Waals surface area contributed by atoms with Gasteiger partial charge in [0.05, 0.1) is 15.8 Å². The number of hydrogen-bond acceptors (Lipinski definition) is 8. The van der Waals surface area contributed by atoms with Crippen LogP contribution in [0.5, 0.6) is 0 Å². The number of benzene rings is 2. The number of rotatable bonds is 6. The van der Waals surface area contributed by atoms with Crippen LogP contribution in [-0.2, 0) is 19.4 Å². The first-order valence-electron chi connectivity index (χ1n) is 10.1. The molecule has 0 spiro atoms. The highest BCUT2D eigenvalue weighted by molar-refractivity contribution is 7.92. The molecule has 10 nitrogen and oxygen atoms in total. The minimum Gasteiger partial charge on any atom is -0.403 e. The van der Waals surface area contributed by atoms with Gasteiger partial charge in [-0.1, -0.05) is 5.10 Å². The van der Waals surface area contributed by atoms with Crippen molar-refractivity contribution >= 4 is 39.3 Å². The third-order valence-corrected chi connectivity index (χ3v) is 7.31. The van der Waals surface area contributed by atoms with Gasteiger partial charge in [-0.3, -0.25) is 24.6 Å². The zero-order valence-corrected chi connectivity index (χ0v) is 18.6. The average molecular weight is 468 g/mol. The van der Waals surface area contributed by atoms with Gasteiger partial charge in [-0.15, -0.1) is 5.10 Å². The summed E-state index contributed by atoms with van der Waals surface area (Å²) >= 11 is 0. The topological polar surface area (TPSA) is 140 Å². The summed E-state index contributed by atoms with van der Waals surface area (Å²) in [7, 11) is -3.40. The molecule has 1 fully saturated rings. The van der Waals surface area contributed by atoms with Crippen molar-refractivity contribution in [3.63, 3.8) is 0 Å². The number of hydrogen-bond donors (Lipinski definition) is 1. The van der Waals surface area contributed by atoms with Crippen LogP contribution in [0.3, 0.4) is 0 Å². The maximum atomic E-state index is 12.5. The van der Waals surface area contributed by atoms with Crippen LogP contribution >= 0.6 is 0 Å². The van der Waals surface area contributed by atoms with Crippen LogP contribution in [0.25, 0.3) is 11.5 Å². The second-order valence-corrected chi connectivity index (χ2v) is 10.2. The summed E-state index contributed by atoms with van der Waals surface area (Å²) in [4.78, 5) is 37.4. The van der Waals surface area contributed by atoms with Crippen LogP contribution < -0.4 is 10.2 Å². The third-order valence-electron chi connectivity index (χ3n) is 5.14. The summed E-state index contributed by atoms with van der Waals surface area (Å²) < 4.78 is 29.9. The van der Waals surface area contributed by atoms with Gasteiger partial charge in [-0.05, 0) is 62.4 Å². The molecule has 0 aliphatic carbocycles. The van der Waals surface area contributed by atoms with E-state index in [-0.39, 0.29) is 47.0 Å². The van der Waals surface area contributed by atoms with E-state index in [1.54, 1.807) is 26.0 Å². The second-order valence-electron chi connectivity index (χ2n) is 7.65. The lowest BCUT2D eigenvalue weighted by Crippen LogP contribution is -2.28. The second kappa shape index (κ2) is 8.58. The molecule has 3 amide bonds. The van der Waals surface area contributed by atoms with Crippen LogP contribution in [0.1, 0.15) is 37.0 Å². The summed E-state index contributed by atoms with van der Waals surface area (Å²) in [5.74, 6) is -0.953. The Morgan fingerprint density at radius 2 is 1.58 bits per heavy atom. The minimum absolute atomic E-state index is 0.111. The molecule has 1 aromatic heterocycles. The molecule has 170 valence electrons. The Labute approximate surface area is 189 Å². The molecule has 0 unspecified atom stereocenters. The highest BCUT2D eigenvalue weighted by atomic mass is 32.2. The highest BCUT2D eigenvalue weighted by Gasteiger charge is 2.30. The monoisotopic (exact) mass is 468 g/mol. The third kappa shape index (κ3) is 4.40. The van der Waals surface area contributed by atoms with Gasteiger partial charge in [0.25, 0.3) is 5.91 Å². The van der Waals surface area contributed by atoms with E-state index >= 15 is 0 Å². The van der Waals surface area contributed by atoms with Crippen molar-refractivity contribution in [1.29, 1.82) is 0 Å². The number of carbonyl (C=O) groups is 3. The molecule has 1 aliphatic rings. The van der Waals surface area contributed by atoms with E-state index in [2.05, 4.69) is 15.5 Å². The van der Waals surface area contributed by atoms with Crippen LogP contribution in [-0.4, -0.2) is 41.6 Å². The van der Waals surface area contributed by atoms with Crippen molar-refractivity contribution in [2.45, 2.75) is 36.8 Å². The van der Waals surface area contributed by atoms with E-state index < -0.39 is 21.0 Å². The van der Waals surface area contributed by atoms with Crippen LogP contribution in [0.2, 0.25) is 0 Å². The molecular weight excluding hydrogens is 448 g/mol. The molecule has 0 saturated carbocycles. The fourth-order valence-corrected chi connectivity index (χ4v) is 4.31. The van der Waals surface area contributed by atoms with Gasteiger partial charge in [-0.25, -0.2) is 8.42 Å². The fourth-order valence-electron chi connectivity index (χ4n) is 3.25. The Morgan fingerprint density at radius 3 is 2.15 bits per heavy atom. The van der Waals surface area contributed by atoms with Gasteiger partial charge < -0.3 is 4.42 Å². The summed E-state index contributed by atoms with van der Waals surface area (Å²) in [6.45, 7) is 3.21. The zero-order chi connectivity index (χ0) is 23.8. The Bertz CT molecular complexity index is 1310. The lowest BCUT2D eigenvalue weighted by Gasteiger charge is -2.13. The van der Waals surface area contributed by atoms with Gasteiger partial charge in [0.2, 0.25) is 17.7 Å². The first kappa shape index (κ1) is 22.3. The average Bonchev–Trinajstić information content (AvgIpc) is 3.40. The first-order chi connectivity index (χ1) is 15.7. The predicted octanol–water partition coefficient (Wildman–Crippen LogP) is 2.82. The molecule has 1 aliphatic heterocycles. The molecule has 2 aromatic carbocycles. The zero-order valence-electron chi connectivity index (χ0n) is 17.8. The van der Waals surface area contributed by atoms with Gasteiger partial charge in [0.1, 0.15) is 0 Å². The lowest BCUT2D eigenvalue weighted by molar-refractivity contribution is -0.121. The highest BCUT2D eigenvalue weighted by Crippen LogP contribution is 2.25. The smallest absolute Gasteiger partial charge is 0.322 e. The number of imide groups is 1. The molecule has 1 N–H and O–H groups in total. The Morgan fingerprint density at radius 1 is 0.970 bits per heavy atom. The quantitative estimate of drug-likeness (QED) is 0.545. The number of nitrogens with zero attached hydrogens (tertiary/aromatic N) is 3. The molecule has 4 rings (SSSR count). The standard InChI is InChI=1S/C22H20N4O6S/c1-13(2)33(30,31)17-9-5-15(6-10-17)21-24-25-22(32-21)23-20(29)14-3-7-16(8-4-14)26-18(27)11-12-19(26)28/h3-10,13H,11-12H2,1-2H3,(H,23,25,29). The number of sulfone groups is 1. The molecule has 0 atom stereocenters. The molecule has 33 heavy (non-hydrogen) atoms. The van der Waals surface area contributed by atoms with Crippen molar-refractivity contribution in [2.75, 3.05) is 10.2 Å². The van der Waals surface area contributed by atoms with Crippen LogP contribution in [0.4, 0.5) is 11.7 Å². The molecule has 0 bridgehead atoms. The largest absolute Gasteiger partial charge is 0.403 e. The van der Waals surface area contributed by atoms with Crippen molar-refractivity contribution < 1.29 is 27.2 Å². The van der Waals surface area contributed by atoms with E-state index in [1.165, 1.54) is 36.4 Å². The van der Waals surface area contributed by atoms with Crippen molar-refractivity contribution in [3.05, 3.63) is 54.1 Å². The van der Waals surface area contributed by atoms with Crippen molar-refractivity contribution in [2.24, 2.45) is 0 Å². The van der Waals surface area contributed by atoms with E-state index in [1.807, 2.05) is 0 Å². The summed E-state index contributed by atoms with van der Waals surface area (Å²) in [6.07, 6.45) is 0.355. The molecule has 1 saturated heterocycles. The van der Waals surface area contributed by atoms with E-state index in [9.17, 15) is 22.8 Å². The van der Waals surface area contributed by atoms with Crippen molar-refractivity contribution in [3.8, 4) is 11.5 Å². The fraction of sp³-hybridized carbons (Fsp3) is 0.227. The van der Waals surface area contributed by atoms with Crippen LogP contribution in [0, 0.1) is 0 Å². The molecule has 11 heteroatoms. The van der Waals surface area contributed by atoms with Gasteiger partial charge >= 0.3 is 6.01 Å². The maximum absolute atomic E-state index is 12.5. The normalized spacial score (nSPS) is 14.2. The first-order valence-corrected chi connectivity index (χ1v) is 11.7. The summed E-state index contributed by atoms with van der Waals surface area (Å²) in [6, 6.07) is 11.9. The number of anilines is 2. The van der Waals surface area contributed by atoms with E-state index in [0.29, 0.717) is 11.3 Å². The number of carbonyl (C=O) groups excluding carboxylic acids is 3. The maximum Gasteiger partial charge on any atom is 0.322 e. The van der Waals surface area contributed by atoms with Crippen molar-refractivity contribution in [1.82, 2.24) is 10.2 Å². The number of aromatic nitrogens is 2. The van der Waals surface area contributed by atoms with Gasteiger partial charge in [0.15, 0.2) is 9.84 Å². The van der Waals surface area contributed by atoms with Crippen LogP contribution in [0.15, 0.2) is 57.8 Å². The number of nitrogens with one attached hydrogen (secondary N) is 1. The molecular formula is C22H20N4O6S. The molecule has 0 radical (unpaired) electrons. The lowest BCUT2D eigenvalue weighted by atomic mass is 10.2. The Balaban J connectivity index is 1.45. The Hall–Kier alpha value is -3.86. The summed E-state index contributed by atoms with van der Waals surface area (Å²) in [5.41, 5.74) is 1.16. The molecule has 2 heterocycles. The SMILES string of the molecule is CC(C)S(=O)(=O)c1ccc(-c2nnc(NC(=O)c3ccc(N4C(=O)CCC4=O)cc3)o2)cc1. The molecule has 3 aromatic rings. The summed E-state index contributed by atoms with van der Waals surface area (Å²) in [5, 5.41) is 9.61. The minimum atomic E-state index is -3.40. The van der Waals surface area contributed by atoms with Gasteiger partial charge in [0, 0.05) is 24.0 Å². The predicted molar refractivity (Wildman–Crippen MR) is 118 cm³/mol. The van der Waals surface area contributed by atoms with Gasteiger partial charge in [-0.2, -0.15) is 0 Å².